The zero-order chi connectivity index (χ0) is 24.2. The summed E-state index contributed by atoms with van der Waals surface area (Å²) in [6, 6.07) is 22.0. The van der Waals surface area contributed by atoms with Crippen LogP contribution in [0.25, 0.3) is 11.3 Å². The molecule has 5 rings (SSSR count). The van der Waals surface area contributed by atoms with Crippen LogP contribution in [-0.4, -0.2) is 38.1 Å². The van der Waals surface area contributed by atoms with Gasteiger partial charge in [-0.25, -0.2) is 0 Å². The summed E-state index contributed by atoms with van der Waals surface area (Å²) in [4.78, 5) is 15.6. The third kappa shape index (κ3) is 4.79. The van der Waals surface area contributed by atoms with Gasteiger partial charge in [-0.2, -0.15) is 0 Å². The summed E-state index contributed by atoms with van der Waals surface area (Å²) in [6.45, 7) is 3.01. The Bertz CT molecular complexity index is 1280. The summed E-state index contributed by atoms with van der Waals surface area (Å²) in [5.74, 6) is 0.975. The maximum atomic E-state index is 13.2. The van der Waals surface area contributed by atoms with E-state index in [9.17, 15) is 4.79 Å². The summed E-state index contributed by atoms with van der Waals surface area (Å²) in [5, 5.41) is 6.51. The number of nitrogens with zero attached hydrogens (tertiary/aromatic N) is 1. The van der Waals surface area contributed by atoms with Crippen molar-refractivity contribution in [1.29, 1.82) is 0 Å². The van der Waals surface area contributed by atoms with Crippen LogP contribution in [0.15, 0.2) is 78.9 Å². The Kier molecular flexibility index (Phi) is 6.55. The van der Waals surface area contributed by atoms with Gasteiger partial charge in [-0.3, -0.25) is 9.69 Å². The molecule has 0 aromatic heterocycles. The fraction of sp³-hybridized carbons (Fsp3) is 0.207. The van der Waals surface area contributed by atoms with Gasteiger partial charge >= 0.3 is 0 Å². The molecule has 0 saturated heterocycles. The number of anilines is 2. The molecule has 2 heterocycles. The Morgan fingerprint density at radius 1 is 0.971 bits per heavy atom. The van der Waals surface area contributed by atoms with Crippen LogP contribution >= 0.6 is 0 Å². The fourth-order valence-electron chi connectivity index (χ4n) is 4.56. The van der Waals surface area contributed by atoms with E-state index >= 15 is 0 Å². The van der Waals surface area contributed by atoms with Crippen LogP contribution in [0.1, 0.15) is 23.1 Å². The summed E-state index contributed by atoms with van der Waals surface area (Å²) in [7, 11) is 3.18. The highest BCUT2D eigenvalue weighted by Gasteiger charge is 2.30. The van der Waals surface area contributed by atoms with Crippen LogP contribution in [0.3, 0.4) is 0 Å². The minimum atomic E-state index is -0.170. The van der Waals surface area contributed by atoms with Crippen LogP contribution in [0.4, 0.5) is 11.4 Å². The van der Waals surface area contributed by atoms with Crippen molar-refractivity contribution in [2.45, 2.75) is 13.0 Å². The van der Waals surface area contributed by atoms with Crippen molar-refractivity contribution in [3.05, 3.63) is 95.6 Å². The Balaban J connectivity index is 1.51. The molecular formula is C29H29N3O3. The zero-order valence-corrected chi connectivity index (χ0v) is 20.0. The molecule has 0 spiro atoms. The molecule has 0 atom stereocenters. The lowest BCUT2D eigenvalue weighted by Crippen LogP contribution is -2.26. The third-order valence-electron chi connectivity index (χ3n) is 6.35. The summed E-state index contributed by atoms with van der Waals surface area (Å²) >= 11 is 0. The molecule has 1 amide bonds. The Hall–Kier alpha value is -4.03. The quantitative estimate of drug-likeness (QED) is 0.360. The summed E-state index contributed by atoms with van der Waals surface area (Å²) in [6.07, 6.45) is 5.58. The SMILES string of the molecule is COc1cc2c(cc1OC)/C(=C(/Nc1ccc(CN3CC=CCC3)cc1)c1ccccc1)C(=O)N2. The maximum absolute atomic E-state index is 13.2. The molecule has 0 radical (unpaired) electrons. The Morgan fingerprint density at radius 3 is 2.40 bits per heavy atom. The van der Waals surface area contributed by atoms with E-state index in [2.05, 4.69) is 52.0 Å². The van der Waals surface area contributed by atoms with Crippen molar-refractivity contribution in [2.75, 3.05) is 37.9 Å². The second-order valence-electron chi connectivity index (χ2n) is 8.64. The van der Waals surface area contributed by atoms with Crippen molar-refractivity contribution >= 4 is 28.6 Å². The van der Waals surface area contributed by atoms with Crippen molar-refractivity contribution in [1.82, 2.24) is 4.90 Å². The fourth-order valence-corrected chi connectivity index (χ4v) is 4.56. The van der Waals surface area contributed by atoms with Gasteiger partial charge in [0, 0.05) is 37.0 Å². The van der Waals surface area contributed by atoms with Gasteiger partial charge in [0.15, 0.2) is 11.5 Å². The van der Waals surface area contributed by atoms with Crippen LogP contribution in [0.5, 0.6) is 11.5 Å². The second kappa shape index (κ2) is 10.1. The number of rotatable bonds is 7. The van der Waals surface area contributed by atoms with Gasteiger partial charge in [0.05, 0.1) is 31.2 Å². The lowest BCUT2D eigenvalue weighted by molar-refractivity contribution is -0.110. The van der Waals surface area contributed by atoms with E-state index in [0.717, 1.165) is 48.6 Å². The van der Waals surface area contributed by atoms with Crippen molar-refractivity contribution < 1.29 is 14.3 Å². The van der Waals surface area contributed by atoms with Crippen molar-refractivity contribution in [3.8, 4) is 11.5 Å². The molecule has 178 valence electrons. The second-order valence-corrected chi connectivity index (χ2v) is 8.64. The molecule has 2 aliphatic rings. The predicted octanol–water partition coefficient (Wildman–Crippen LogP) is 5.40. The molecule has 2 aliphatic heterocycles. The molecule has 6 nitrogen and oxygen atoms in total. The smallest absolute Gasteiger partial charge is 0.258 e. The number of benzene rings is 3. The van der Waals surface area contributed by atoms with E-state index in [1.165, 1.54) is 5.56 Å². The van der Waals surface area contributed by atoms with Gasteiger partial charge in [0.1, 0.15) is 0 Å². The van der Waals surface area contributed by atoms with E-state index in [0.29, 0.717) is 22.8 Å². The number of ether oxygens (including phenoxy) is 2. The van der Waals surface area contributed by atoms with Crippen molar-refractivity contribution in [3.63, 3.8) is 0 Å². The third-order valence-corrected chi connectivity index (χ3v) is 6.35. The molecular weight excluding hydrogens is 438 g/mol. The highest BCUT2D eigenvalue weighted by molar-refractivity contribution is 6.37. The van der Waals surface area contributed by atoms with E-state index in [1.54, 1.807) is 20.3 Å². The lowest BCUT2D eigenvalue weighted by Gasteiger charge is -2.23. The number of nitrogens with one attached hydrogen (secondary N) is 2. The number of methoxy groups -OCH3 is 2. The van der Waals surface area contributed by atoms with Gasteiger partial charge in [-0.1, -0.05) is 54.6 Å². The standard InChI is InChI=1S/C29H29N3O3/c1-34-25-17-23-24(18-26(25)35-2)31-29(33)27(23)28(21-9-5-3-6-10-21)30-22-13-11-20(12-14-22)19-32-15-7-4-8-16-32/h3-7,9-14,17-18,30H,8,15-16,19H2,1-2H3,(H,31,33)/b28-27-. The van der Waals surface area contributed by atoms with Gasteiger partial charge in [0.2, 0.25) is 0 Å². The molecule has 0 unspecified atom stereocenters. The topological polar surface area (TPSA) is 62.8 Å². The molecule has 0 saturated carbocycles. The normalized spacial score (nSPS) is 16.5. The van der Waals surface area contributed by atoms with E-state index in [4.69, 9.17) is 9.47 Å². The van der Waals surface area contributed by atoms with Gasteiger partial charge in [0.25, 0.3) is 5.91 Å². The Morgan fingerprint density at radius 2 is 1.71 bits per heavy atom. The summed E-state index contributed by atoms with van der Waals surface area (Å²) in [5.41, 5.74) is 5.88. The van der Waals surface area contributed by atoms with Crippen molar-refractivity contribution in [2.24, 2.45) is 0 Å². The minimum absolute atomic E-state index is 0.170. The predicted molar refractivity (Wildman–Crippen MR) is 141 cm³/mol. The maximum Gasteiger partial charge on any atom is 0.258 e. The first kappa shape index (κ1) is 22.7. The van der Waals surface area contributed by atoms with Crippen LogP contribution < -0.4 is 20.1 Å². The first-order chi connectivity index (χ1) is 17.2. The van der Waals surface area contributed by atoms with E-state index < -0.39 is 0 Å². The molecule has 6 heteroatoms. The van der Waals surface area contributed by atoms with E-state index in [-0.39, 0.29) is 5.91 Å². The number of carbonyl (C=O) groups excluding carboxylic acids is 1. The molecule has 2 N–H and O–H groups in total. The highest BCUT2D eigenvalue weighted by Crippen LogP contribution is 2.43. The number of amides is 1. The molecule has 3 aromatic carbocycles. The van der Waals surface area contributed by atoms with Crippen LogP contribution in [0.2, 0.25) is 0 Å². The summed E-state index contributed by atoms with van der Waals surface area (Å²) < 4.78 is 10.9. The molecule has 0 fully saturated rings. The Labute approximate surface area is 205 Å². The van der Waals surface area contributed by atoms with Gasteiger partial charge in [-0.05, 0) is 35.7 Å². The lowest BCUT2D eigenvalue weighted by atomic mass is 9.99. The van der Waals surface area contributed by atoms with Crippen LogP contribution in [0, 0.1) is 0 Å². The molecule has 35 heavy (non-hydrogen) atoms. The molecule has 3 aromatic rings. The first-order valence-electron chi connectivity index (χ1n) is 11.8. The largest absolute Gasteiger partial charge is 0.493 e. The number of hydrogen-bond donors (Lipinski definition) is 2. The average molecular weight is 468 g/mol. The highest BCUT2D eigenvalue weighted by atomic mass is 16.5. The van der Waals surface area contributed by atoms with E-state index in [1.807, 2.05) is 36.4 Å². The molecule has 0 bridgehead atoms. The van der Waals surface area contributed by atoms with Crippen LogP contribution in [-0.2, 0) is 11.3 Å². The van der Waals surface area contributed by atoms with Gasteiger partial charge in [-0.15, -0.1) is 0 Å². The number of hydrogen-bond acceptors (Lipinski definition) is 5. The molecule has 0 aliphatic carbocycles. The minimum Gasteiger partial charge on any atom is -0.493 e. The van der Waals surface area contributed by atoms with Gasteiger partial charge < -0.3 is 20.1 Å². The zero-order valence-electron chi connectivity index (χ0n) is 20.0. The number of fused-ring (bicyclic) bond motifs is 1. The monoisotopic (exact) mass is 467 g/mol. The number of carbonyl (C=O) groups is 1. The first-order valence-corrected chi connectivity index (χ1v) is 11.8. The average Bonchev–Trinajstić information content (AvgIpc) is 3.22.